The predicted octanol–water partition coefficient (Wildman–Crippen LogP) is 6.54. The fourth-order valence-electron chi connectivity index (χ4n) is 3.85. The van der Waals surface area contributed by atoms with E-state index < -0.39 is 13.9 Å². The molecular formula is C29H51N3O4Si. The summed E-state index contributed by atoms with van der Waals surface area (Å²) in [7, 11) is -1.75. The van der Waals surface area contributed by atoms with Crippen LogP contribution in [0.4, 0.5) is 4.79 Å². The van der Waals surface area contributed by atoms with Crippen molar-refractivity contribution in [1.29, 1.82) is 0 Å². The number of carbonyl (C=O) groups is 1. The van der Waals surface area contributed by atoms with Gasteiger partial charge in [0.05, 0.1) is 6.21 Å². The van der Waals surface area contributed by atoms with Crippen LogP contribution in [0.5, 0.6) is 0 Å². The molecule has 1 aromatic rings. The summed E-state index contributed by atoms with van der Waals surface area (Å²) in [5.41, 5.74) is 0.555. The zero-order valence-electron chi connectivity index (χ0n) is 24.6. The Hall–Kier alpha value is -1.90. The Labute approximate surface area is 226 Å². The summed E-state index contributed by atoms with van der Waals surface area (Å²) in [5, 5.41) is 4.53. The van der Waals surface area contributed by atoms with Crippen molar-refractivity contribution in [2.45, 2.75) is 97.1 Å². The second-order valence-electron chi connectivity index (χ2n) is 12.6. The lowest BCUT2D eigenvalue weighted by molar-refractivity contribution is 0.0249. The van der Waals surface area contributed by atoms with E-state index in [-0.39, 0.29) is 17.2 Å². The molecule has 1 heterocycles. The maximum atomic E-state index is 12.5. The minimum atomic E-state index is -1.75. The summed E-state index contributed by atoms with van der Waals surface area (Å²) in [4.78, 5) is 22.7. The Morgan fingerprint density at radius 3 is 2.38 bits per heavy atom. The molecule has 1 amide bonds. The van der Waals surface area contributed by atoms with E-state index >= 15 is 0 Å². The van der Waals surface area contributed by atoms with Crippen molar-refractivity contribution in [3.8, 4) is 0 Å². The van der Waals surface area contributed by atoms with Gasteiger partial charge in [-0.3, -0.25) is 0 Å². The topological polar surface area (TPSA) is 63.6 Å². The minimum Gasteiger partial charge on any atom is -0.444 e. The molecule has 0 aliphatic carbocycles. The predicted molar refractivity (Wildman–Crippen MR) is 155 cm³/mol. The standard InChI is InChI=1S/C29H51N3O4Si/c1-28(2,3)35-27(33)32-19-13-18-31(21-22-32)20-17-26(36-30-24-25-14-10-9-11-15-25)16-12-23-34-37(7,8)29(4,5)6/h9-11,14-15,24,26H,12-13,16-23H2,1-8H3/b30-24+. The summed E-state index contributed by atoms with van der Waals surface area (Å²) < 4.78 is 12.0. The van der Waals surface area contributed by atoms with E-state index in [0.717, 1.165) is 64.0 Å². The third kappa shape index (κ3) is 12.0. The van der Waals surface area contributed by atoms with Crippen LogP contribution in [0.1, 0.15) is 72.8 Å². The summed E-state index contributed by atoms with van der Waals surface area (Å²) in [6, 6.07) is 10.0. The number of hydrogen-bond acceptors (Lipinski definition) is 6. The SMILES string of the molecule is CC(C)(C)OC(=O)N1CCCN(CCC(CCCO[Si](C)(C)C(C)(C)C)O/N=C/c2ccccc2)CC1. The molecule has 0 bridgehead atoms. The fraction of sp³-hybridized carbons (Fsp3) is 0.724. The van der Waals surface area contributed by atoms with Crippen LogP contribution in [0.15, 0.2) is 35.5 Å². The zero-order valence-corrected chi connectivity index (χ0v) is 25.6. The van der Waals surface area contributed by atoms with E-state index in [2.05, 4.69) is 43.9 Å². The Morgan fingerprint density at radius 1 is 1.03 bits per heavy atom. The molecule has 0 N–H and O–H groups in total. The van der Waals surface area contributed by atoms with Gasteiger partial charge in [-0.05, 0) is 76.7 Å². The number of carbonyl (C=O) groups excluding carboxylic acids is 1. The maximum Gasteiger partial charge on any atom is 0.410 e. The van der Waals surface area contributed by atoms with E-state index in [4.69, 9.17) is 14.0 Å². The first kappa shape index (κ1) is 31.3. The van der Waals surface area contributed by atoms with Gasteiger partial charge in [0.25, 0.3) is 0 Å². The average Bonchev–Trinajstić information content (AvgIpc) is 3.04. The van der Waals surface area contributed by atoms with E-state index in [1.807, 2.05) is 56.0 Å². The van der Waals surface area contributed by atoms with Crippen molar-refractivity contribution in [1.82, 2.24) is 9.80 Å². The molecule has 1 saturated heterocycles. The quantitative estimate of drug-likeness (QED) is 0.140. The van der Waals surface area contributed by atoms with Crippen LogP contribution in [-0.4, -0.2) is 81.5 Å². The first-order chi connectivity index (χ1) is 17.3. The van der Waals surface area contributed by atoms with E-state index in [0.29, 0.717) is 6.54 Å². The number of amides is 1. The largest absolute Gasteiger partial charge is 0.444 e. The lowest BCUT2D eigenvalue weighted by Gasteiger charge is -2.36. The van der Waals surface area contributed by atoms with Gasteiger partial charge in [0.15, 0.2) is 8.32 Å². The van der Waals surface area contributed by atoms with Gasteiger partial charge in [-0.25, -0.2) is 4.79 Å². The molecule has 0 spiro atoms. The average molecular weight is 534 g/mol. The fourth-order valence-corrected chi connectivity index (χ4v) is 4.94. The van der Waals surface area contributed by atoms with E-state index in [1.54, 1.807) is 6.21 Å². The van der Waals surface area contributed by atoms with Crippen LogP contribution in [0.3, 0.4) is 0 Å². The Bertz CT molecular complexity index is 834. The van der Waals surface area contributed by atoms with Crippen LogP contribution < -0.4 is 0 Å². The zero-order chi connectivity index (χ0) is 27.5. The van der Waals surface area contributed by atoms with E-state index in [1.165, 1.54) is 0 Å². The molecule has 1 aliphatic heterocycles. The van der Waals surface area contributed by atoms with Crippen LogP contribution in [0.2, 0.25) is 18.1 Å². The van der Waals surface area contributed by atoms with Crippen molar-refractivity contribution < 1.29 is 18.8 Å². The van der Waals surface area contributed by atoms with Crippen molar-refractivity contribution in [3.05, 3.63) is 35.9 Å². The van der Waals surface area contributed by atoms with Crippen molar-refractivity contribution in [2.75, 3.05) is 39.3 Å². The number of hydrogen-bond donors (Lipinski definition) is 0. The molecule has 0 radical (unpaired) electrons. The highest BCUT2D eigenvalue weighted by Crippen LogP contribution is 2.36. The molecule has 1 unspecified atom stereocenters. The molecule has 8 heteroatoms. The van der Waals surface area contributed by atoms with Gasteiger partial charge in [0.1, 0.15) is 11.7 Å². The summed E-state index contributed by atoms with van der Waals surface area (Å²) in [5.74, 6) is 0. The van der Waals surface area contributed by atoms with Crippen molar-refractivity contribution in [3.63, 3.8) is 0 Å². The second kappa shape index (κ2) is 14.3. The molecule has 1 atom stereocenters. The Morgan fingerprint density at radius 2 is 1.73 bits per heavy atom. The summed E-state index contributed by atoms with van der Waals surface area (Å²) in [6.45, 7) is 22.0. The highest BCUT2D eigenvalue weighted by molar-refractivity contribution is 6.74. The molecule has 37 heavy (non-hydrogen) atoms. The molecule has 1 aliphatic rings. The molecule has 0 saturated carbocycles. The molecule has 1 fully saturated rings. The van der Waals surface area contributed by atoms with Gasteiger partial charge in [-0.15, -0.1) is 0 Å². The molecule has 210 valence electrons. The normalized spacial score (nSPS) is 17.0. The number of nitrogens with zero attached hydrogens (tertiary/aromatic N) is 3. The second-order valence-corrected chi connectivity index (χ2v) is 17.4. The Balaban J connectivity index is 1.88. The van der Waals surface area contributed by atoms with Crippen LogP contribution >= 0.6 is 0 Å². The molecular weight excluding hydrogens is 482 g/mol. The van der Waals surface area contributed by atoms with E-state index in [9.17, 15) is 4.79 Å². The third-order valence-electron chi connectivity index (χ3n) is 7.16. The number of rotatable bonds is 11. The number of ether oxygens (including phenoxy) is 1. The van der Waals surface area contributed by atoms with Gasteiger partial charge >= 0.3 is 6.09 Å². The molecule has 1 aromatic carbocycles. The smallest absolute Gasteiger partial charge is 0.410 e. The molecule has 0 aromatic heterocycles. The van der Waals surface area contributed by atoms with Gasteiger partial charge in [0.2, 0.25) is 0 Å². The lowest BCUT2D eigenvalue weighted by atomic mass is 10.1. The highest BCUT2D eigenvalue weighted by Gasteiger charge is 2.36. The molecule has 2 rings (SSSR count). The maximum absolute atomic E-state index is 12.5. The van der Waals surface area contributed by atoms with Gasteiger partial charge in [-0.2, -0.15) is 0 Å². The van der Waals surface area contributed by atoms with Gasteiger partial charge in [-0.1, -0.05) is 56.3 Å². The minimum absolute atomic E-state index is 0.0215. The van der Waals surface area contributed by atoms with Gasteiger partial charge in [0, 0.05) is 32.8 Å². The Kier molecular flexibility index (Phi) is 12.1. The van der Waals surface area contributed by atoms with Crippen molar-refractivity contribution >= 4 is 20.6 Å². The van der Waals surface area contributed by atoms with Crippen LogP contribution in [0, 0.1) is 0 Å². The van der Waals surface area contributed by atoms with Crippen molar-refractivity contribution in [2.24, 2.45) is 5.16 Å². The molecule has 7 nitrogen and oxygen atoms in total. The first-order valence-electron chi connectivity index (χ1n) is 13.9. The first-order valence-corrected chi connectivity index (χ1v) is 16.8. The summed E-state index contributed by atoms with van der Waals surface area (Å²) >= 11 is 0. The summed E-state index contributed by atoms with van der Waals surface area (Å²) in [6.07, 6.45) is 5.27. The lowest BCUT2D eigenvalue weighted by Crippen LogP contribution is -2.41. The monoisotopic (exact) mass is 533 g/mol. The van der Waals surface area contributed by atoms with Gasteiger partial charge < -0.3 is 23.8 Å². The van der Waals surface area contributed by atoms with Crippen LogP contribution in [-0.2, 0) is 14.0 Å². The van der Waals surface area contributed by atoms with Crippen LogP contribution in [0.25, 0.3) is 0 Å². The third-order valence-corrected chi connectivity index (χ3v) is 11.7. The number of oxime groups is 1. The highest BCUT2D eigenvalue weighted by atomic mass is 28.4. The number of benzene rings is 1.